The van der Waals surface area contributed by atoms with Crippen LogP contribution in [0.1, 0.15) is 28.2 Å². The number of benzene rings is 1. The Balaban J connectivity index is 0.00000144. The quantitative estimate of drug-likeness (QED) is 0.730. The highest BCUT2D eigenvalue weighted by atomic mass is 35.5. The first-order chi connectivity index (χ1) is 10.8. The molecule has 1 atom stereocenters. The van der Waals surface area contributed by atoms with Gasteiger partial charge in [0, 0.05) is 30.9 Å². The first-order valence-corrected chi connectivity index (χ1v) is 7.87. The van der Waals surface area contributed by atoms with Gasteiger partial charge in [0.05, 0.1) is 0 Å². The summed E-state index contributed by atoms with van der Waals surface area (Å²) in [7, 11) is 0. The average Bonchev–Trinajstić information content (AvgIpc) is 3.21. The largest absolute Gasteiger partial charge is 0.352 e. The second-order valence-electron chi connectivity index (χ2n) is 5.80. The summed E-state index contributed by atoms with van der Waals surface area (Å²) in [4.78, 5) is 19.2. The van der Waals surface area contributed by atoms with Crippen LogP contribution in [0.15, 0.2) is 36.7 Å². The van der Waals surface area contributed by atoms with Crippen LogP contribution in [0.5, 0.6) is 0 Å². The van der Waals surface area contributed by atoms with E-state index in [4.69, 9.17) is 0 Å². The van der Waals surface area contributed by atoms with E-state index in [0.29, 0.717) is 18.5 Å². The third-order valence-corrected chi connectivity index (χ3v) is 4.11. The number of nitrogens with one attached hydrogen (secondary N) is 3. The van der Waals surface area contributed by atoms with E-state index in [1.165, 1.54) is 12.0 Å². The summed E-state index contributed by atoms with van der Waals surface area (Å²) in [5, 5.41) is 6.31. The molecule has 0 saturated carbocycles. The molecule has 1 aromatic carbocycles. The number of aromatic amines is 1. The summed E-state index contributed by atoms with van der Waals surface area (Å²) < 4.78 is 0. The summed E-state index contributed by atoms with van der Waals surface area (Å²) in [6.45, 7) is 2.82. The van der Waals surface area contributed by atoms with Crippen molar-refractivity contribution in [3.05, 3.63) is 53.6 Å². The summed E-state index contributed by atoms with van der Waals surface area (Å²) in [6, 6.07) is 7.97. The van der Waals surface area contributed by atoms with Crippen LogP contribution in [0.25, 0.3) is 0 Å². The lowest BCUT2D eigenvalue weighted by Crippen LogP contribution is -2.25. The molecule has 1 aliphatic heterocycles. The highest BCUT2D eigenvalue weighted by molar-refractivity contribution is 5.94. The van der Waals surface area contributed by atoms with Crippen LogP contribution in [0, 0.1) is 5.92 Å². The Hall–Kier alpha value is -1.56. The fraction of sp³-hybridized carbons (Fsp3) is 0.412. The van der Waals surface area contributed by atoms with Crippen molar-refractivity contribution < 1.29 is 4.79 Å². The monoisotopic (exact) mass is 370 g/mol. The molecule has 1 aromatic heterocycles. The smallest absolute Gasteiger partial charge is 0.251 e. The van der Waals surface area contributed by atoms with Crippen molar-refractivity contribution in [2.75, 3.05) is 19.6 Å². The minimum Gasteiger partial charge on any atom is -0.352 e. The molecule has 7 heteroatoms. The van der Waals surface area contributed by atoms with Gasteiger partial charge in [-0.05, 0) is 49.5 Å². The highest BCUT2D eigenvalue weighted by Gasteiger charge is 2.15. The maximum Gasteiger partial charge on any atom is 0.251 e. The van der Waals surface area contributed by atoms with Crippen molar-refractivity contribution >= 4 is 30.7 Å². The van der Waals surface area contributed by atoms with Gasteiger partial charge in [-0.2, -0.15) is 0 Å². The summed E-state index contributed by atoms with van der Waals surface area (Å²) in [5.74, 6) is 1.59. The lowest BCUT2D eigenvalue weighted by Gasteiger charge is -2.09. The molecular weight excluding hydrogens is 347 g/mol. The molecule has 24 heavy (non-hydrogen) atoms. The molecule has 132 valence electrons. The van der Waals surface area contributed by atoms with E-state index < -0.39 is 0 Å². The van der Waals surface area contributed by atoms with E-state index in [0.717, 1.165) is 31.3 Å². The fourth-order valence-electron chi connectivity index (χ4n) is 2.85. The molecule has 3 rings (SSSR count). The molecule has 0 spiro atoms. The number of carbonyl (C=O) groups is 1. The zero-order chi connectivity index (χ0) is 15.2. The van der Waals surface area contributed by atoms with E-state index >= 15 is 0 Å². The van der Waals surface area contributed by atoms with Crippen LogP contribution in [-0.4, -0.2) is 35.5 Å². The van der Waals surface area contributed by atoms with Gasteiger partial charge in [-0.3, -0.25) is 4.79 Å². The van der Waals surface area contributed by atoms with Gasteiger partial charge in [0.25, 0.3) is 5.91 Å². The van der Waals surface area contributed by atoms with Crippen LogP contribution < -0.4 is 10.6 Å². The van der Waals surface area contributed by atoms with E-state index in [-0.39, 0.29) is 30.7 Å². The fourth-order valence-corrected chi connectivity index (χ4v) is 2.85. The zero-order valence-corrected chi connectivity index (χ0v) is 15.1. The number of amides is 1. The van der Waals surface area contributed by atoms with E-state index in [1.54, 1.807) is 12.4 Å². The van der Waals surface area contributed by atoms with Crippen molar-refractivity contribution in [2.45, 2.75) is 19.3 Å². The highest BCUT2D eigenvalue weighted by Crippen LogP contribution is 2.15. The Morgan fingerprint density at radius 2 is 2.04 bits per heavy atom. The minimum absolute atomic E-state index is 0. The van der Waals surface area contributed by atoms with Gasteiger partial charge in [-0.25, -0.2) is 4.98 Å². The van der Waals surface area contributed by atoms with Crippen molar-refractivity contribution in [2.24, 2.45) is 5.92 Å². The normalized spacial score (nSPS) is 16.1. The third kappa shape index (κ3) is 5.82. The molecule has 1 unspecified atom stereocenters. The maximum atomic E-state index is 12.1. The molecule has 0 aliphatic carbocycles. The molecule has 1 amide bonds. The number of imidazole rings is 1. The molecule has 0 radical (unpaired) electrons. The van der Waals surface area contributed by atoms with Crippen LogP contribution in [0.3, 0.4) is 0 Å². The maximum absolute atomic E-state index is 12.1. The molecule has 3 N–H and O–H groups in total. The molecule has 2 heterocycles. The number of H-pyrrole nitrogens is 1. The molecule has 1 saturated heterocycles. The molecule has 0 bridgehead atoms. The average molecular weight is 371 g/mol. The minimum atomic E-state index is -0.0272. The molecule has 1 fully saturated rings. The van der Waals surface area contributed by atoms with Gasteiger partial charge in [0.15, 0.2) is 0 Å². The standard InChI is InChI=1S/C17H22N4O.2ClH/c22-17(21-8-6-16-19-9-10-20-16)15-3-1-13(2-4-15)11-14-5-7-18-12-14;;/h1-4,9-10,14,18H,5-8,11-12H2,(H,19,20)(H,21,22);2*1H. The van der Waals surface area contributed by atoms with Crippen molar-refractivity contribution in [1.82, 2.24) is 20.6 Å². The Morgan fingerprint density at radius 1 is 1.25 bits per heavy atom. The Bertz CT molecular complexity index is 596. The lowest BCUT2D eigenvalue weighted by molar-refractivity contribution is 0.0954. The molecular formula is C17H24Cl2N4O. The Kier molecular flexibility index (Phi) is 8.82. The van der Waals surface area contributed by atoms with Crippen molar-refractivity contribution in [1.29, 1.82) is 0 Å². The first-order valence-electron chi connectivity index (χ1n) is 7.87. The van der Waals surface area contributed by atoms with Crippen LogP contribution >= 0.6 is 24.8 Å². The van der Waals surface area contributed by atoms with Crippen LogP contribution in [0.2, 0.25) is 0 Å². The summed E-state index contributed by atoms with van der Waals surface area (Å²) in [6.07, 6.45) is 6.55. The molecule has 1 aliphatic rings. The van der Waals surface area contributed by atoms with E-state index in [1.807, 2.05) is 12.1 Å². The van der Waals surface area contributed by atoms with Crippen LogP contribution in [0.4, 0.5) is 0 Å². The van der Waals surface area contributed by atoms with Crippen molar-refractivity contribution in [3.63, 3.8) is 0 Å². The predicted molar refractivity (Wildman–Crippen MR) is 100 cm³/mol. The van der Waals surface area contributed by atoms with Gasteiger partial charge in [0.2, 0.25) is 0 Å². The number of nitrogens with zero attached hydrogens (tertiary/aromatic N) is 1. The predicted octanol–water partition coefficient (Wildman–Crippen LogP) is 2.38. The zero-order valence-electron chi connectivity index (χ0n) is 13.5. The summed E-state index contributed by atoms with van der Waals surface area (Å²) >= 11 is 0. The van der Waals surface area contributed by atoms with Crippen molar-refractivity contribution in [3.8, 4) is 0 Å². The van der Waals surface area contributed by atoms with Gasteiger partial charge >= 0.3 is 0 Å². The second-order valence-corrected chi connectivity index (χ2v) is 5.80. The van der Waals surface area contributed by atoms with Gasteiger partial charge in [-0.1, -0.05) is 12.1 Å². The number of rotatable bonds is 6. The topological polar surface area (TPSA) is 69.8 Å². The number of aromatic nitrogens is 2. The van der Waals surface area contributed by atoms with Crippen LogP contribution in [-0.2, 0) is 12.8 Å². The van der Waals surface area contributed by atoms with Gasteiger partial charge in [-0.15, -0.1) is 24.8 Å². The number of carbonyl (C=O) groups excluding carboxylic acids is 1. The number of hydrogen-bond acceptors (Lipinski definition) is 3. The van der Waals surface area contributed by atoms with Gasteiger partial charge < -0.3 is 15.6 Å². The lowest BCUT2D eigenvalue weighted by atomic mass is 9.98. The molecule has 5 nitrogen and oxygen atoms in total. The Morgan fingerprint density at radius 3 is 2.67 bits per heavy atom. The third-order valence-electron chi connectivity index (χ3n) is 4.11. The summed E-state index contributed by atoms with van der Waals surface area (Å²) in [5.41, 5.74) is 2.02. The van der Waals surface area contributed by atoms with E-state index in [9.17, 15) is 4.79 Å². The number of halogens is 2. The van der Waals surface area contributed by atoms with Gasteiger partial charge in [0.1, 0.15) is 5.82 Å². The van der Waals surface area contributed by atoms with E-state index in [2.05, 4.69) is 32.7 Å². The number of hydrogen-bond donors (Lipinski definition) is 3. The molecule has 2 aromatic rings. The Labute approximate surface area is 154 Å². The second kappa shape index (κ2) is 10.3. The first kappa shape index (κ1) is 20.5. The SMILES string of the molecule is Cl.Cl.O=C(NCCc1ncc[nH]1)c1ccc(CC2CCNC2)cc1.